The number of ketones is 2. The van der Waals surface area contributed by atoms with Crippen molar-refractivity contribution in [2.45, 2.75) is 13.0 Å². The third-order valence-electron chi connectivity index (χ3n) is 1.05. The summed E-state index contributed by atoms with van der Waals surface area (Å²) in [6.45, 7) is 0.0335. The molecule has 0 aromatic carbocycles. The summed E-state index contributed by atoms with van der Waals surface area (Å²) in [4.78, 5) is 37.3. The van der Waals surface area contributed by atoms with E-state index in [2.05, 4.69) is 4.52 Å². The highest BCUT2D eigenvalue weighted by Crippen LogP contribution is 2.35. The normalized spacial score (nSPS) is 13.8. The fourth-order valence-electron chi connectivity index (χ4n) is 0.478. The third kappa shape index (κ3) is 5.62. The van der Waals surface area contributed by atoms with Gasteiger partial charge in [0.05, 0.1) is 6.61 Å². The van der Waals surface area contributed by atoms with Gasteiger partial charge in [-0.3, -0.25) is 14.1 Å². The minimum Gasteiger partial charge on any atom is -0.382 e. The van der Waals surface area contributed by atoms with Gasteiger partial charge < -0.3 is 14.9 Å². The van der Waals surface area contributed by atoms with Gasteiger partial charge in [-0.05, 0) is 0 Å². The lowest BCUT2D eigenvalue weighted by Gasteiger charge is -2.08. The Balaban J connectivity index is 4.03. The minimum absolute atomic E-state index is 0.900. The van der Waals surface area contributed by atoms with Crippen LogP contribution in [0.15, 0.2) is 0 Å². The number of hydrogen-bond donors (Lipinski definition) is 3. The van der Waals surface area contributed by atoms with Crippen molar-refractivity contribution < 1.29 is 33.6 Å². The first-order valence-corrected chi connectivity index (χ1v) is 4.70. The average Bonchev–Trinajstić information content (AvgIpc) is 1.97. The topological polar surface area (TPSA) is 121 Å². The van der Waals surface area contributed by atoms with Crippen LogP contribution in [0, 0.1) is 0 Å². The van der Waals surface area contributed by atoms with Gasteiger partial charge in [0, 0.05) is 6.92 Å². The molecule has 0 aromatic heterocycles. The van der Waals surface area contributed by atoms with Gasteiger partial charge in [-0.2, -0.15) is 0 Å². The molecule has 1 unspecified atom stereocenters. The maximum absolute atomic E-state index is 10.6. The van der Waals surface area contributed by atoms with Crippen LogP contribution in [-0.4, -0.2) is 39.2 Å². The summed E-state index contributed by atoms with van der Waals surface area (Å²) in [6, 6.07) is 0. The van der Waals surface area contributed by atoms with Crippen LogP contribution in [0.3, 0.4) is 0 Å². The zero-order valence-electron chi connectivity index (χ0n) is 6.71. The Kier molecular flexibility index (Phi) is 4.38. The number of aliphatic hydroxyl groups excluding tert-OH is 1. The maximum Gasteiger partial charge on any atom is 0.469 e. The molecule has 13 heavy (non-hydrogen) atoms. The summed E-state index contributed by atoms with van der Waals surface area (Å²) in [6.07, 6.45) is -1.83. The van der Waals surface area contributed by atoms with Crippen molar-refractivity contribution in [1.82, 2.24) is 0 Å². The third-order valence-corrected chi connectivity index (χ3v) is 1.54. The summed E-state index contributed by atoms with van der Waals surface area (Å²) in [5, 5.41) is 8.81. The van der Waals surface area contributed by atoms with Crippen LogP contribution in [0.2, 0.25) is 0 Å². The van der Waals surface area contributed by atoms with Gasteiger partial charge in [0.15, 0.2) is 5.78 Å². The fraction of sp³-hybridized carbons (Fsp3) is 0.600. The van der Waals surface area contributed by atoms with Crippen molar-refractivity contribution >= 4 is 19.4 Å². The van der Waals surface area contributed by atoms with E-state index in [0.29, 0.717) is 0 Å². The van der Waals surface area contributed by atoms with Gasteiger partial charge in [-0.15, -0.1) is 0 Å². The molecular formula is C5H9O7P. The summed E-state index contributed by atoms with van der Waals surface area (Å²) in [5.41, 5.74) is 0. The largest absolute Gasteiger partial charge is 0.469 e. The van der Waals surface area contributed by atoms with E-state index in [9.17, 15) is 14.2 Å². The Morgan fingerprint density at radius 2 is 1.92 bits per heavy atom. The van der Waals surface area contributed by atoms with Crippen LogP contribution >= 0.6 is 7.82 Å². The fourth-order valence-corrected chi connectivity index (χ4v) is 0.813. The number of phosphoric acid groups is 1. The average molecular weight is 212 g/mol. The van der Waals surface area contributed by atoms with E-state index >= 15 is 0 Å². The quantitative estimate of drug-likeness (QED) is 0.379. The lowest BCUT2D eigenvalue weighted by Crippen LogP contribution is -2.30. The van der Waals surface area contributed by atoms with Crippen LogP contribution < -0.4 is 0 Å². The second-order valence-electron chi connectivity index (χ2n) is 2.22. The number of carbonyl (C=O) groups is 2. The van der Waals surface area contributed by atoms with E-state index in [4.69, 9.17) is 14.9 Å². The lowest BCUT2D eigenvalue weighted by molar-refractivity contribution is -0.141. The number of rotatable bonds is 5. The standard InChI is InChI=1S/C5H9O7P/c1-3(6)5(8)4(7)2-12-13(9,10)11/h4,7H,2H2,1H3,(H2,9,10,11). The van der Waals surface area contributed by atoms with Gasteiger partial charge >= 0.3 is 7.82 Å². The summed E-state index contributed by atoms with van der Waals surface area (Å²) < 4.78 is 13.9. The maximum atomic E-state index is 10.6. The van der Waals surface area contributed by atoms with Crippen LogP contribution in [0.1, 0.15) is 6.92 Å². The Bertz CT molecular complexity index is 254. The molecule has 0 radical (unpaired) electrons. The molecule has 0 rings (SSSR count). The molecule has 0 spiro atoms. The van der Waals surface area contributed by atoms with Gasteiger partial charge in [-0.25, -0.2) is 4.57 Å². The molecule has 0 aliphatic carbocycles. The molecule has 0 aliphatic heterocycles. The van der Waals surface area contributed by atoms with E-state index in [0.717, 1.165) is 6.92 Å². The van der Waals surface area contributed by atoms with Crippen molar-refractivity contribution in [2.75, 3.05) is 6.61 Å². The van der Waals surface area contributed by atoms with E-state index < -0.39 is 32.1 Å². The van der Waals surface area contributed by atoms with Gasteiger partial charge in [-0.1, -0.05) is 0 Å². The smallest absolute Gasteiger partial charge is 0.382 e. The highest BCUT2D eigenvalue weighted by molar-refractivity contribution is 7.46. The number of hydrogen-bond acceptors (Lipinski definition) is 5. The molecular weight excluding hydrogens is 203 g/mol. The van der Waals surface area contributed by atoms with E-state index in [1.165, 1.54) is 0 Å². The first-order chi connectivity index (χ1) is 5.74. The highest BCUT2D eigenvalue weighted by atomic mass is 31.2. The van der Waals surface area contributed by atoms with Crippen molar-refractivity contribution in [3.63, 3.8) is 0 Å². The molecule has 0 aliphatic rings. The van der Waals surface area contributed by atoms with Crippen molar-refractivity contribution in [3.05, 3.63) is 0 Å². The molecule has 0 heterocycles. The molecule has 0 saturated carbocycles. The van der Waals surface area contributed by atoms with Crippen molar-refractivity contribution in [1.29, 1.82) is 0 Å². The Hall–Kier alpha value is -0.590. The van der Waals surface area contributed by atoms with Gasteiger partial charge in [0.25, 0.3) is 0 Å². The summed E-state index contributed by atoms with van der Waals surface area (Å²) >= 11 is 0. The molecule has 0 fully saturated rings. The van der Waals surface area contributed by atoms with Crippen molar-refractivity contribution in [2.24, 2.45) is 0 Å². The van der Waals surface area contributed by atoms with E-state index in [1.807, 2.05) is 0 Å². The molecule has 8 heteroatoms. The van der Waals surface area contributed by atoms with Crippen LogP contribution in [-0.2, 0) is 18.7 Å². The monoisotopic (exact) mass is 212 g/mol. The van der Waals surface area contributed by atoms with E-state index in [1.54, 1.807) is 0 Å². The Morgan fingerprint density at radius 1 is 1.46 bits per heavy atom. The van der Waals surface area contributed by atoms with Crippen LogP contribution in [0.25, 0.3) is 0 Å². The molecule has 76 valence electrons. The van der Waals surface area contributed by atoms with Crippen molar-refractivity contribution in [3.8, 4) is 0 Å². The predicted molar refractivity (Wildman–Crippen MR) is 39.7 cm³/mol. The van der Waals surface area contributed by atoms with Gasteiger partial charge in [0.2, 0.25) is 5.78 Å². The second kappa shape index (κ2) is 4.59. The van der Waals surface area contributed by atoms with Crippen LogP contribution in [0.4, 0.5) is 0 Å². The zero-order valence-corrected chi connectivity index (χ0v) is 7.60. The Labute approximate surface area is 73.6 Å². The van der Waals surface area contributed by atoms with Gasteiger partial charge in [0.1, 0.15) is 6.10 Å². The first-order valence-electron chi connectivity index (χ1n) is 3.17. The zero-order chi connectivity index (χ0) is 10.6. The molecule has 0 bridgehead atoms. The SMILES string of the molecule is CC(=O)C(=O)C(O)COP(=O)(O)O. The summed E-state index contributed by atoms with van der Waals surface area (Å²) in [7, 11) is -4.71. The molecule has 0 saturated heterocycles. The number of carbonyl (C=O) groups excluding carboxylic acids is 2. The number of aliphatic hydroxyl groups is 1. The second-order valence-corrected chi connectivity index (χ2v) is 3.46. The van der Waals surface area contributed by atoms with Crippen LogP contribution in [0.5, 0.6) is 0 Å². The first kappa shape index (κ1) is 12.4. The molecule has 1 atom stereocenters. The minimum atomic E-state index is -4.71. The molecule has 7 nitrogen and oxygen atoms in total. The lowest BCUT2D eigenvalue weighted by atomic mass is 10.2. The highest BCUT2D eigenvalue weighted by Gasteiger charge is 2.23. The van der Waals surface area contributed by atoms with E-state index in [-0.39, 0.29) is 0 Å². The molecule has 0 amide bonds. The number of Topliss-reactive ketones (excluding diaryl/α,β-unsaturated/α-hetero) is 2. The molecule has 0 aromatic rings. The Morgan fingerprint density at radius 3 is 2.23 bits per heavy atom. The predicted octanol–water partition coefficient (Wildman–Crippen LogP) is -1.39. The molecule has 3 N–H and O–H groups in total. The summed E-state index contributed by atoms with van der Waals surface area (Å²) in [5.74, 6) is -2.05. The number of phosphoric ester groups is 1.